The predicted octanol–water partition coefficient (Wildman–Crippen LogP) is 2.85. The average molecular weight is 221 g/mol. The minimum atomic E-state index is -0.297. The van der Waals surface area contributed by atoms with Gasteiger partial charge in [-0.2, -0.15) is 4.91 Å². The van der Waals surface area contributed by atoms with Gasteiger partial charge in [-0.25, -0.2) is 0 Å². The van der Waals surface area contributed by atoms with E-state index in [4.69, 9.17) is 9.47 Å². The maximum Gasteiger partial charge on any atom is 0.124 e. The minimum Gasteiger partial charge on any atom is -0.496 e. The Hall–Kier alpha value is -1.58. The Balaban J connectivity index is 2.59. The van der Waals surface area contributed by atoms with Gasteiger partial charge in [-0.15, -0.1) is 0 Å². The Bertz CT molecular complexity index is 403. The number of nitroso groups, excluding NO2 is 1. The molecule has 86 valence electrons. The van der Waals surface area contributed by atoms with E-state index in [2.05, 4.69) is 5.18 Å². The molecular formula is C12H15NO3. The summed E-state index contributed by atoms with van der Waals surface area (Å²) in [6, 6.07) is 3.42. The van der Waals surface area contributed by atoms with Crippen molar-refractivity contribution in [2.45, 2.75) is 25.3 Å². The normalized spacial score (nSPS) is 18.8. The van der Waals surface area contributed by atoms with Crippen molar-refractivity contribution in [1.29, 1.82) is 0 Å². The van der Waals surface area contributed by atoms with E-state index in [1.165, 1.54) is 0 Å². The van der Waals surface area contributed by atoms with E-state index in [0.29, 0.717) is 0 Å². The fraction of sp³-hybridized carbons (Fsp3) is 0.500. The van der Waals surface area contributed by atoms with Crippen molar-refractivity contribution in [1.82, 2.24) is 0 Å². The number of ether oxygens (including phenoxy) is 2. The smallest absolute Gasteiger partial charge is 0.124 e. The van der Waals surface area contributed by atoms with E-state index < -0.39 is 0 Å². The first-order valence-corrected chi connectivity index (χ1v) is 5.38. The molecule has 16 heavy (non-hydrogen) atoms. The lowest BCUT2D eigenvalue weighted by Gasteiger charge is -2.24. The lowest BCUT2D eigenvalue weighted by atomic mass is 9.87. The average Bonchev–Trinajstić information content (AvgIpc) is 2.36. The van der Waals surface area contributed by atoms with Crippen LogP contribution < -0.4 is 9.47 Å². The van der Waals surface area contributed by atoms with Gasteiger partial charge in [0, 0.05) is 11.1 Å². The molecule has 0 fully saturated rings. The zero-order valence-corrected chi connectivity index (χ0v) is 9.53. The molecule has 4 nitrogen and oxygen atoms in total. The third-order valence-corrected chi connectivity index (χ3v) is 3.08. The molecule has 1 unspecified atom stereocenters. The number of rotatable bonds is 3. The van der Waals surface area contributed by atoms with Gasteiger partial charge >= 0.3 is 0 Å². The zero-order valence-electron chi connectivity index (χ0n) is 9.53. The SMILES string of the molecule is COc1ccc(OC)c2c1CCCC2N=O. The van der Waals surface area contributed by atoms with Crippen LogP contribution in [0.3, 0.4) is 0 Å². The van der Waals surface area contributed by atoms with Crippen molar-refractivity contribution in [3.8, 4) is 11.5 Å². The molecule has 0 N–H and O–H groups in total. The second-order valence-corrected chi connectivity index (χ2v) is 3.88. The van der Waals surface area contributed by atoms with Gasteiger partial charge in [-0.05, 0) is 31.4 Å². The van der Waals surface area contributed by atoms with E-state index in [0.717, 1.165) is 41.9 Å². The molecule has 0 saturated heterocycles. The van der Waals surface area contributed by atoms with Crippen molar-refractivity contribution in [2.75, 3.05) is 14.2 Å². The number of nitrogens with zero attached hydrogens (tertiary/aromatic N) is 1. The van der Waals surface area contributed by atoms with Gasteiger partial charge in [0.15, 0.2) is 0 Å². The summed E-state index contributed by atoms with van der Waals surface area (Å²) in [5.41, 5.74) is 1.97. The van der Waals surface area contributed by atoms with Gasteiger partial charge in [0.2, 0.25) is 0 Å². The van der Waals surface area contributed by atoms with Crippen molar-refractivity contribution < 1.29 is 9.47 Å². The first kappa shape index (κ1) is 10.9. The summed E-state index contributed by atoms with van der Waals surface area (Å²) < 4.78 is 10.6. The second-order valence-electron chi connectivity index (χ2n) is 3.88. The van der Waals surface area contributed by atoms with Crippen LogP contribution in [0.2, 0.25) is 0 Å². The van der Waals surface area contributed by atoms with E-state index in [1.807, 2.05) is 12.1 Å². The van der Waals surface area contributed by atoms with E-state index in [-0.39, 0.29) is 6.04 Å². The maximum absolute atomic E-state index is 10.8. The minimum absolute atomic E-state index is 0.297. The van der Waals surface area contributed by atoms with Gasteiger partial charge in [-0.3, -0.25) is 0 Å². The monoisotopic (exact) mass is 221 g/mol. The van der Waals surface area contributed by atoms with Gasteiger partial charge in [0.05, 0.1) is 14.2 Å². The highest BCUT2D eigenvalue weighted by molar-refractivity contribution is 5.51. The van der Waals surface area contributed by atoms with Crippen molar-refractivity contribution in [3.63, 3.8) is 0 Å². The summed E-state index contributed by atoms with van der Waals surface area (Å²) in [5, 5.41) is 3.19. The molecular weight excluding hydrogens is 206 g/mol. The second kappa shape index (κ2) is 4.51. The summed E-state index contributed by atoms with van der Waals surface area (Å²) in [6.07, 6.45) is 2.68. The number of hydrogen-bond donors (Lipinski definition) is 0. The predicted molar refractivity (Wildman–Crippen MR) is 61.0 cm³/mol. The third-order valence-electron chi connectivity index (χ3n) is 3.08. The molecule has 0 bridgehead atoms. The van der Waals surface area contributed by atoms with Crippen molar-refractivity contribution >= 4 is 0 Å². The molecule has 0 spiro atoms. The Morgan fingerprint density at radius 2 is 1.94 bits per heavy atom. The number of fused-ring (bicyclic) bond motifs is 1. The Morgan fingerprint density at radius 1 is 1.25 bits per heavy atom. The molecule has 0 aromatic heterocycles. The Kier molecular flexibility index (Phi) is 3.08. The molecule has 1 aliphatic rings. The molecule has 0 aliphatic heterocycles. The standard InChI is InChI=1S/C12H15NO3/c1-15-10-6-7-11(16-2)12-8(10)4-3-5-9(12)13-14/h6-7,9H,3-5H2,1-2H3. The first-order valence-electron chi connectivity index (χ1n) is 5.38. The van der Waals surface area contributed by atoms with Gasteiger partial charge < -0.3 is 9.47 Å². The van der Waals surface area contributed by atoms with Gasteiger partial charge in [0.25, 0.3) is 0 Å². The molecule has 0 radical (unpaired) electrons. The van der Waals surface area contributed by atoms with E-state index in [9.17, 15) is 4.91 Å². The molecule has 0 saturated carbocycles. The van der Waals surface area contributed by atoms with Crippen LogP contribution in [0.5, 0.6) is 11.5 Å². The Morgan fingerprint density at radius 3 is 2.56 bits per heavy atom. The fourth-order valence-corrected chi connectivity index (χ4v) is 2.34. The number of hydrogen-bond acceptors (Lipinski definition) is 4. The lowest BCUT2D eigenvalue weighted by Crippen LogP contribution is -2.11. The van der Waals surface area contributed by atoms with Crippen LogP contribution in [-0.4, -0.2) is 14.2 Å². The summed E-state index contributed by atoms with van der Waals surface area (Å²) in [5.74, 6) is 1.56. The van der Waals surface area contributed by atoms with E-state index >= 15 is 0 Å². The zero-order chi connectivity index (χ0) is 11.5. The largest absolute Gasteiger partial charge is 0.496 e. The van der Waals surface area contributed by atoms with Crippen LogP contribution in [0.4, 0.5) is 0 Å². The molecule has 4 heteroatoms. The summed E-state index contributed by atoms with van der Waals surface area (Å²) in [7, 11) is 3.25. The van der Waals surface area contributed by atoms with Gasteiger partial charge in [-0.1, -0.05) is 5.18 Å². The van der Waals surface area contributed by atoms with Crippen LogP contribution in [0.15, 0.2) is 17.3 Å². The van der Waals surface area contributed by atoms with Crippen LogP contribution in [-0.2, 0) is 6.42 Å². The third kappa shape index (κ3) is 1.64. The van der Waals surface area contributed by atoms with Crippen LogP contribution in [0.1, 0.15) is 30.0 Å². The topological polar surface area (TPSA) is 47.9 Å². The highest BCUT2D eigenvalue weighted by Crippen LogP contribution is 2.42. The van der Waals surface area contributed by atoms with E-state index in [1.54, 1.807) is 14.2 Å². The molecule has 2 rings (SSSR count). The summed E-state index contributed by atoms with van der Waals surface area (Å²) >= 11 is 0. The molecule has 0 amide bonds. The number of benzene rings is 1. The molecule has 1 atom stereocenters. The summed E-state index contributed by atoms with van der Waals surface area (Å²) in [4.78, 5) is 10.8. The molecule has 0 heterocycles. The number of methoxy groups -OCH3 is 2. The van der Waals surface area contributed by atoms with Crippen LogP contribution in [0, 0.1) is 4.91 Å². The van der Waals surface area contributed by atoms with Gasteiger partial charge in [0.1, 0.15) is 17.5 Å². The molecule has 1 aromatic carbocycles. The maximum atomic E-state index is 10.8. The fourth-order valence-electron chi connectivity index (χ4n) is 2.34. The van der Waals surface area contributed by atoms with Crippen molar-refractivity contribution in [3.05, 3.63) is 28.2 Å². The van der Waals surface area contributed by atoms with Crippen LogP contribution >= 0.6 is 0 Å². The summed E-state index contributed by atoms with van der Waals surface area (Å²) in [6.45, 7) is 0. The Labute approximate surface area is 94.5 Å². The highest BCUT2D eigenvalue weighted by atomic mass is 16.5. The molecule has 1 aliphatic carbocycles. The molecule has 1 aromatic rings. The highest BCUT2D eigenvalue weighted by Gasteiger charge is 2.27. The quantitative estimate of drug-likeness (QED) is 0.737. The first-order chi connectivity index (χ1) is 7.81. The van der Waals surface area contributed by atoms with Crippen molar-refractivity contribution in [2.24, 2.45) is 5.18 Å². The van der Waals surface area contributed by atoms with Crippen LogP contribution in [0.25, 0.3) is 0 Å². The lowest BCUT2D eigenvalue weighted by molar-refractivity contribution is 0.382.